The molecule has 0 spiro atoms. The predicted octanol–water partition coefficient (Wildman–Crippen LogP) is 4.37. The molecule has 2 nitrogen and oxygen atoms in total. The fraction of sp³-hybridized carbons (Fsp3) is 0.667. The van der Waals surface area contributed by atoms with E-state index in [0.717, 1.165) is 30.9 Å². The summed E-state index contributed by atoms with van der Waals surface area (Å²) >= 11 is 0. The summed E-state index contributed by atoms with van der Waals surface area (Å²) in [5, 5.41) is 10.1. The van der Waals surface area contributed by atoms with Crippen molar-refractivity contribution in [3.05, 3.63) is 35.4 Å². The molecule has 2 heteroatoms. The fourth-order valence-corrected chi connectivity index (χ4v) is 2.23. The highest BCUT2D eigenvalue weighted by molar-refractivity contribution is 5.24. The third-order valence-electron chi connectivity index (χ3n) is 3.35. The Balaban J connectivity index is 2.30. The highest BCUT2D eigenvalue weighted by Crippen LogP contribution is 2.16. The summed E-state index contributed by atoms with van der Waals surface area (Å²) in [5.74, 6) is 1.38. The first-order valence-electron chi connectivity index (χ1n) is 7.83. The minimum atomic E-state index is -0.512. The number of benzene rings is 1. The molecule has 0 fully saturated rings. The summed E-state index contributed by atoms with van der Waals surface area (Å²) in [6, 6.07) is 8.24. The molecule has 0 bridgehead atoms. The maximum atomic E-state index is 10.1. The zero-order chi connectivity index (χ0) is 15.0. The lowest BCUT2D eigenvalue weighted by Gasteiger charge is -2.13. The minimum Gasteiger partial charge on any atom is -0.386 e. The van der Waals surface area contributed by atoms with Crippen LogP contribution in [0.25, 0.3) is 0 Å². The van der Waals surface area contributed by atoms with Crippen molar-refractivity contribution >= 4 is 0 Å². The van der Waals surface area contributed by atoms with Crippen LogP contribution in [0.15, 0.2) is 24.3 Å². The van der Waals surface area contributed by atoms with Gasteiger partial charge in [-0.1, -0.05) is 52.0 Å². The van der Waals surface area contributed by atoms with Gasteiger partial charge >= 0.3 is 0 Å². The molecule has 20 heavy (non-hydrogen) atoms. The van der Waals surface area contributed by atoms with Gasteiger partial charge in [0.15, 0.2) is 0 Å². The summed E-state index contributed by atoms with van der Waals surface area (Å²) in [7, 11) is 0. The van der Waals surface area contributed by atoms with Gasteiger partial charge in [-0.3, -0.25) is 0 Å². The first-order valence-corrected chi connectivity index (χ1v) is 7.83. The maximum absolute atomic E-state index is 10.1. The van der Waals surface area contributed by atoms with Crippen LogP contribution in [-0.4, -0.2) is 18.3 Å². The van der Waals surface area contributed by atoms with Crippen LogP contribution < -0.4 is 0 Å². The maximum Gasteiger partial charge on any atom is 0.102 e. The molecule has 1 aromatic carbocycles. The molecule has 0 saturated heterocycles. The van der Waals surface area contributed by atoms with Crippen molar-refractivity contribution in [1.29, 1.82) is 0 Å². The van der Waals surface area contributed by atoms with Gasteiger partial charge in [0, 0.05) is 6.61 Å². The van der Waals surface area contributed by atoms with E-state index in [9.17, 15) is 5.11 Å². The molecule has 0 saturated carbocycles. The Morgan fingerprint density at radius 2 is 1.65 bits per heavy atom. The Morgan fingerprint density at radius 1 is 1.00 bits per heavy atom. The molecule has 0 amide bonds. The molecule has 1 rings (SSSR count). The molecular weight excluding hydrogens is 248 g/mol. The van der Waals surface area contributed by atoms with Crippen molar-refractivity contribution in [1.82, 2.24) is 0 Å². The molecular formula is C18H30O2. The van der Waals surface area contributed by atoms with E-state index in [1.165, 1.54) is 12.0 Å². The lowest BCUT2D eigenvalue weighted by molar-refractivity contribution is 0.0338. The van der Waals surface area contributed by atoms with Gasteiger partial charge in [-0.25, -0.2) is 0 Å². The molecule has 114 valence electrons. The number of aliphatic hydroxyl groups is 1. The van der Waals surface area contributed by atoms with Crippen LogP contribution in [0.2, 0.25) is 0 Å². The second-order valence-corrected chi connectivity index (χ2v) is 6.47. The van der Waals surface area contributed by atoms with Crippen LogP contribution in [0.5, 0.6) is 0 Å². The van der Waals surface area contributed by atoms with E-state index in [-0.39, 0.29) is 0 Å². The van der Waals surface area contributed by atoms with Crippen molar-refractivity contribution < 1.29 is 9.84 Å². The van der Waals surface area contributed by atoms with Gasteiger partial charge < -0.3 is 9.84 Å². The lowest BCUT2D eigenvalue weighted by Crippen LogP contribution is -2.08. The van der Waals surface area contributed by atoms with Crippen molar-refractivity contribution in [3.8, 4) is 0 Å². The number of hydrogen-bond acceptors (Lipinski definition) is 2. The highest BCUT2D eigenvalue weighted by atomic mass is 16.5. The van der Waals surface area contributed by atoms with E-state index < -0.39 is 6.10 Å². The highest BCUT2D eigenvalue weighted by Gasteiger charge is 2.08. The quantitative estimate of drug-likeness (QED) is 0.680. The first-order chi connectivity index (χ1) is 9.49. The Labute approximate surface area is 124 Å². The minimum absolute atomic E-state index is 0.390. The molecule has 0 aliphatic carbocycles. The average molecular weight is 278 g/mol. The molecule has 1 N–H and O–H groups in total. The van der Waals surface area contributed by atoms with E-state index >= 15 is 0 Å². The van der Waals surface area contributed by atoms with Crippen molar-refractivity contribution in [2.75, 3.05) is 13.2 Å². The Morgan fingerprint density at radius 3 is 2.20 bits per heavy atom. The summed E-state index contributed by atoms with van der Waals surface area (Å²) in [6.45, 7) is 9.99. The molecule has 1 aromatic rings. The number of hydrogen-bond donors (Lipinski definition) is 1. The van der Waals surface area contributed by atoms with E-state index in [1.807, 2.05) is 12.1 Å². The summed E-state index contributed by atoms with van der Waals surface area (Å²) in [6.07, 6.45) is 2.82. The lowest BCUT2D eigenvalue weighted by atomic mass is 10.0. The number of aliphatic hydroxyl groups excluding tert-OH is 1. The van der Waals surface area contributed by atoms with Crippen LogP contribution in [0.4, 0.5) is 0 Å². The largest absolute Gasteiger partial charge is 0.386 e. The molecule has 0 aromatic heterocycles. The SMILES string of the molecule is CC(C)CCCOCC(O)c1ccc(CC(C)C)cc1. The average Bonchev–Trinajstić information content (AvgIpc) is 2.38. The molecule has 0 aliphatic heterocycles. The smallest absolute Gasteiger partial charge is 0.102 e. The van der Waals surface area contributed by atoms with Gasteiger partial charge in [-0.2, -0.15) is 0 Å². The van der Waals surface area contributed by atoms with Crippen molar-refractivity contribution in [2.45, 2.75) is 53.1 Å². The van der Waals surface area contributed by atoms with Gasteiger partial charge in [-0.15, -0.1) is 0 Å². The molecule has 1 unspecified atom stereocenters. The molecule has 0 heterocycles. The van der Waals surface area contributed by atoms with Crippen LogP contribution in [0.1, 0.15) is 57.8 Å². The topological polar surface area (TPSA) is 29.5 Å². The fourth-order valence-electron chi connectivity index (χ4n) is 2.23. The monoisotopic (exact) mass is 278 g/mol. The van der Waals surface area contributed by atoms with Gasteiger partial charge in [-0.05, 0) is 42.2 Å². The molecule has 1 atom stereocenters. The summed E-state index contributed by atoms with van der Waals surface area (Å²) < 4.78 is 5.55. The van der Waals surface area contributed by atoms with Crippen LogP contribution >= 0.6 is 0 Å². The molecule has 0 aliphatic rings. The number of rotatable bonds is 9. The van der Waals surface area contributed by atoms with Crippen LogP contribution in [-0.2, 0) is 11.2 Å². The summed E-state index contributed by atoms with van der Waals surface area (Å²) in [4.78, 5) is 0. The zero-order valence-electron chi connectivity index (χ0n) is 13.4. The predicted molar refractivity (Wildman–Crippen MR) is 84.8 cm³/mol. The van der Waals surface area contributed by atoms with Crippen LogP contribution in [0, 0.1) is 11.8 Å². The normalized spacial score (nSPS) is 13.2. The Bertz CT molecular complexity index is 354. The van der Waals surface area contributed by atoms with Gasteiger partial charge in [0.2, 0.25) is 0 Å². The first kappa shape index (κ1) is 17.2. The third kappa shape index (κ3) is 7.06. The van der Waals surface area contributed by atoms with E-state index in [2.05, 4.69) is 39.8 Å². The summed E-state index contributed by atoms with van der Waals surface area (Å²) in [5.41, 5.74) is 2.27. The van der Waals surface area contributed by atoms with E-state index in [0.29, 0.717) is 12.5 Å². The number of ether oxygens (including phenoxy) is 1. The Hall–Kier alpha value is -0.860. The standard InChI is InChI=1S/C18H30O2/c1-14(2)6-5-11-20-13-18(19)17-9-7-16(8-10-17)12-15(3)4/h7-10,14-15,18-19H,5-6,11-13H2,1-4H3. The van der Waals surface area contributed by atoms with Crippen LogP contribution in [0.3, 0.4) is 0 Å². The van der Waals surface area contributed by atoms with Crippen molar-refractivity contribution in [2.24, 2.45) is 11.8 Å². The van der Waals surface area contributed by atoms with Crippen molar-refractivity contribution in [3.63, 3.8) is 0 Å². The van der Waals surface area contributed by atoms with E-state index in [4.69, 9.17) is 4.74 Å². The van der Waals surface area contributed by atoms with Gasteiger partial charge in [0.05, 0.1) is 6.61 Å². The third-order valence-corrected chi connectivity index (χ3v) is 3.35. The van der Waals surface area contributed by atoms with E-state index in [1.54, 1.807) is 0 Å². The molecule has 0 radical (unpaired) electrons. The van der Waals surface area contributed by atoms with Gasteiger partial charge in [0.25, 0.3) is 0 Å². The second-order valence-electron chi connectivity index (χ2n) is 6.47. The zero-order valence-corrected chi connectivity index (χ0v) is 13.4. The second kappa shape index (κ2) is 9.15. The van der Waals surface area contributed by atoms with Gasteiger partial charge in [0.1, 0.15) is 6.10 Å². The Kier molecular flexibility index (Phi) is 7.86.